The Bertz CT molecular complexity index is 347. The average Bonchev–Trinajstić information content (AvgIpc) is 2.11. The molecular formula is C10H9Cl3O. The van der Waals surface area contributed by atoms with Gasteiger partial charge in [-0.1, -0.05) is 29.3 Å². The number of carbonyl (C=O) groups excluding carboxylic acids is 1. The molecule has 0 radical (unpaired) electrons. The second kappa shape index (κ2) is 5.01. The smallest absolute Gasteiger partial charge is 0.154 e. The Hall–Kier alpha value is -0.240. The lowest BCUT2D eigenvalue weighted by atomic mass is 10.1. The fraction of sp³-hybridized carbons (Fsp3) is 0.300. The predicted octanol–water partition coefficient (Wildman–Crippen LogP) is 3.73. The summed E-state index contributed by atoms with van der Waals surface area (Å²) in [7, 11) is 0. The molecule has 0 aliphatic rings. The molecule has 0 aromatic heterocycles. The van der Waals surface area contributed by atoms with Gasteiger partial charge in [0.05, 0.1) is 15.4 Å². The zero-order valence-corrected chi connectivity index (χ0v) is 9.83. The predicted molar refractivity (Wildman–Crippen MR) is 60.5 cm³/mol. The van der Waals surface area contributed by atoms with Crippen LogP contribution >= 0.6 is 34.8 Å². The van der Waals surface area contributed by atoms with Crippen molar-refractivity contribution in [2.24, 2.45) is 0 Å². The van der Waals surface area contributed by atoms with Gasteiger partial charge in [-0.2, -0.15) is 0 Å². The molecule has 0 saturated heterocycles. The van der Waals surface area contributed by atoms with E-state index >= 15 is 0 Å². The Morgan fingerprint density at radius 3 is 2.50 bits per heavy atom. The van der Waals surface area contributed by atoms with Gasteiger partial charge in [0.1, 0.15) is 0 Å². The molecule has 1 rings (SSSR count). The summed E-state index contributed by atoms with van der Waals surface area (Å²) >= 11 is 17.2. The molecule has 1 unspecified atom stereocenters. The summed E-state index contributed by atoms with van der Waals surface area (Å²) in [5.74, 6) is -0.0231. The van der Waals surface area contributed by atoms with Crippen molar-refractivity contribution >= 4 is 40.6 Å². The van der Waals surface area contributed by atoms with Crippen LogP contribution < -0.4 is 0 Å². The minimum absolute atomic E-state index is 0.0231. The Labute approximate surface area is 98.0 Å². The maximum Gasteiger partial charge on any atom is 0.154 e. The summed E-state index contributed by atoms with van der Waals surface area (Å²) in [5, 5.41) is 0.477. The zero-order valence-electron chi connectivity index (χ0n) is 7.56. The lowest BCUT2D eigenvalue weighted by molar-refractivity contribution is -0.117. The number of alkyl halides is 1. The van der Waals surface area contributed by atoms with Crippen molar-refractivity contribution in [3.05, 3.63) is 33.8 Å². The van der Waals surface area contributed by atoms with Gasteiger partial charge in [0, 0.05) is 6.42 Å². The first-order chi connectivity index (χ1) is 6.50. The van der Waals surface area contributed by atoms with Gasteiger partial charge in [-0.3, -0.25) is 4.79 Å². The van der Waals surface area contributed by atoms with Crippen LogP contribution in [0.1, 0.15) is 12.5 Å². The van der Waals surface area contributed by atoms with Crippen LogP contribution in [-0.4, -0.2) is 11.2 Å². The number of carbonyl (C=O) groups is 1. The molecule has 0 N–H and O–H groups in total. The van der Waals surface area contributed by atoms with Crippen molar-refractivity contribution in [3.63, 3.8) is 0 Å². The van der Waals surface area contributed by atoms with E-state index in [1.54, 1.807) is 25.1 Å². The van der Waals surface area contributed by atoms with E-state index in [4.69, 9.17) is 34.8 Å². The van der Waals surface area contributed by atoms with Crippen molar-refractivity contribution in [2.45, 2.75) is 18.7 Å². The van der Waals surface area contributed by atoms with Crippen LogP contribution in [0.5, 0.6) is 0 Å². The van der Waals surface area contributed by atoms with E-state index in [1.165, 1.54) is 0 Å². The second-order valence-corrected chi connectivity index (χ2v) is 4.48. The molecule has 0 bridgehead atoms. The van der Waals surface area contributed by atoms with Crippen LogP contribution in [0.2, 0.25) is 10.0 Å². The molecule has 1 atom stereocenters. The van der Waals surface area contributed by atoms with Gasteiger partial charge in [0.2, 0.25) is 0 Å². The topological polar surface area (TPSA) is 17.1 Å². The van der Waals surface area contributed by atoms with E-state index in [-0.39, 0.29) is 5.78 Å². The van der Waals surface area contributed by atoms with Gasteiger partial charge < -0.3 is 0 Å². The Balaban J connectivity index is 2.78. The summed E-state index contributed by atoms with van der Waals surface area (Å²) in [6, 6.07) is 5.12. The quantitative estimate of drug-likeness (QED) is 0.748. The molecule has 0 fully saturated rings. The van der Waals surface area contributed by atoms with Crippen LogP contribution in [0.25, 0.3) is 0 Å². The second-order valence-electron chi connectivity index (χ2n) is 3.01. The molecule has 4 heteroatoms. The van der Waals surface area contributed by atoms with Gasteiger partial charge in [0.15, 0.2) is 5.78 Å². The van der Waals surface area contributed by atoms with E-state index in [0.717, 1.165) is 5.56 Å². The van der Waals surface area contributed by atoms with Crippen molar-refractivity contribution in [2.75, 3.05) is 0 Å². The summed E-state index contributed by atoms with van der Waals surface area (Å²) in [6.45, 7) is 1.65. The lowest BCUT2D eigenvalue weighted by Crippen LogP contribution is -2.12. The van der Waals surface area contributed by atoms with Crippen molar-refractivity contribution in [1.29, 1.82) is 0 Å². The fourth-order valence-electron chi connectivity index (χ4n) is 0.991. The van der Waals surface area contributed by atoms with Crippen LogP contribution in [-0.2, 0) is 11.2 Å². The number of benzene rings is 1. The molecule has 76 valence electrons. The summed E-state index contributed by atoms with van der Waals surface area (Å²) in [4.78, 5) is 11.3. The van der Waals surface area contributed by atoms with E-state index < -0.39 is 5.38 Å². The molecule has 1 aromatic rings. The highest BCUT2D eigenvalue weighted by molar-refractivity contribution is 6.42. The number of hydrogen-bond donors (Lipinski definition) is 0. The van der Waals surface area contributed by atoms with Crippen molar-refractivity contribution in [1.82, 2.24) is 0 Å². The first-order valence-corrected chi connectivity index (χ1v) is 5.30. The molecular weight excluding hydrogens is 242 g/mol. The highest BCUT2D eigenvalue weighted by Crippen LogP contribution is 2.23. The Morgan fingerprint density at radius 2 is 2.00 bits per heavy atom. The highest BCUT2D eigenvalue weighted by atomic mass is 35.5. The first-order valence-electron chi connectivity index (χ1n) is 4.11. The van der Waals surface area contributed by atoms with Gasteiger partial charge in [-0.25, -0.2) is 0 Å². The molecule has 0 amide bonds. The summed E-state index contributed by atoms with van der Waals surface area (Å²) in [5.41, 5.74) is 0.830. The number of hydrogen-bond acceptors (Lipinski definition) is 1. The third-order valence-electron chi connectivity index (χ3n) is 1.81. The molecule has 0 heterocycles. The maximum absolute atomic E-state index is 11.3. The SMILES string of the molecule is CC(Cl)C(=O)Cc1ccc(Cl)c(Cl)c1. The summed E-state index contributed by atoms with van der Waals surface area (Å²) < 4.78 is 0. The zero-order chi connectivity index (χ0) is 10.7. The normalized spacial score (nSPS) is 12.6. The van der Waals surface area contributed by atoms with Gasteiger partial charge >= 0.3 is 0 Å². The number of rotatable bonds is 3. The Kier molecular flexibility index (Phi) is 4.24. The van der Waals surface area contributed by atoms with Gasteiger partial charge in [-0.15, -0.1) is 11.6 Å². The monoisotopic (exact) mass is 250 g/mol. The Morgan fingerprint density at radius 1 is 1.36 bits per heavy atom. The molecule has 0 saturated carbocycles. The standard InChI is InChI=1S/C10H9Cl3O/c1-6(11)10(14)5-7-2-3-8(12)9(13)4-7/h2-4,6H,5H2,1H3. The van der Waals surface area contributed by atoms with E-state index in [1.807, 2.05) is 0 Å². The van der Waals surface area contributed by atoms with Crippen LogP contribution in [0.4, 0.5) is 0 Å². The largest absolute Gasteiger partial charge is 0.298 e. The number of halogens is 3. The minimum atomic E-state index is -0.468. The molecule has 0 aliphatic heterocycles. The minimum Gasteiger partial charge on any atom is -0.298 e. The highest BCUT2D eigenvalue weighted by Gasteiger charge is 2.10. The van der Waals surface area contributed by atoms with Crippen molar-refractivity contribution in [3.8, 4) is 0 Å². The molecule has 14 heavy (non-hydrogen) atoms. The maximum atomic E-state index is 11.3. The van der Waals surface area contributed by atoms with Crippen LogP contribution in [0.15, 0.2) is 18.2 Å². The van der Waals surface area contributed by atoms with Crippen LogP contribution in [0.3, 0.4) is 0 Å². The summed E-state index contributed by atoms with van der Waals surface area (Å²) in [6.07, 6.45) is 0.293. The van der Waals surface area contributed by atoms with E-state index in [0.29, 0.717) is 16.5 Å². The molecule has 1 aromatic carbocycles. The molecule has 0 spiro atoms. The number of ketones is 1. The van der Waals surface area contributed by atoms with Crippen LogP contribution in [0, 0.1) is 0 Å². The molecule has 1 nitrogen and oxygen atoms in total. The molecule has 0 aliphatic carbocycles. The van der Waals surface area contributed by atoms with Gasteiger partial charge in [0.25, 0.3) is 0 Å². The first kappa shape index (κ1) is 11.8. The van der Waals surface area contributed by atoms with Gasteiger partial charge in [-0.05, 0) is 24.6 Å². The number of Topliss-reactive ketones (excluding diaryl/α,β-unsaturated/α-hetero) is 1. The third-order valence-corrected chi connectivity index (χ3v) is 2.79. The average molecular weight is 252 g/mol. The van der Waals surface area contributed by atoms with Crippen molar-refractivity contribution < 1.29 is 4.79 Å². The van der Waals surface area contributed by atoms with E-state index in [2.05, 4.69) is 0 Å². The lowest BCUT2D eigenvalue weighted by Gasteiger charge is -2.03. The third kappa shape index (κ3) is 3.16. The fourth-order valence-corrected chi connectivity index (χ4v) is 1.39. The van der Waals surface area contributed by atoms with E-state index in [9.17, 15) is 4.79 Å².